The van der Waals surface area contributed by atoms with Crippen molar-refractivity contribution in [3.8, 4) is 0 Å². The lowest BCUT2D eigenvalue weighted by Gasteiger charge is -2.33. The largest absolute Gasteiger partial charge is 0.295 e. The van der Waals surface area contributed by atoms with Gasteiger partial charge in [0.15, 0.2) is 6.67 Å². The molecule has 3 heteroatoms. The van der Waals surface area contributed by atoms with E-state index >= 15 is 0 Å². The first-order valence-corrected chi connectivity index (χ1v) is 12.3. The van der Waals surface area contributed by atoms with Crippen LogP contribution >= 0.6 is 0 Å². The average Bonchev–Trinajstić information content (AvgIpc) is 3.32. The molecule has 1 saturated heterocycles. The van der Waals surface area contributed by atoms with Gasteiger partial charge in [-0.2, -0.15) is 0 Å². The Morgan fingerprint density at radius 3 is 1.75 bits per heavy atom. The molecule has 0 aliphatic carbocycles. The van der Waals surface area contributed by atoms with E-state index in [0.29, 0.717) is 5.91 Å². The van der Waals surface area contributed by atoms with Gasteiger partial charge in [-0.05, 0) is 31.4 Å². The molecular weight excluding hydrogens is 344 g/mol. The molecule has 2 aliphatic heterocycles. The highest BCUT2D eigenvalue weighted by Gasteiger charge is 2.31. The van der Waals surface area contributed by atoms with Gasteiger partial charge in [-0.3, -0.25) is 14.2 Å². The third kappa shape index (κ3) is 8.94. The molecule has 0 N–H and O–H groups in total. The summed E-state index contributed by atoms with van der Waals surface area (Å²) >= 11 is 0. The summed E-state index contributed by atoms with van der Waals surface area (Å²) in [5.41, 5.74) is 0. The average molecular weight is 390 g/mol. The number of hydrogen-bond donors (Lipinski definition) is 0. The van der Waals surface area contributed by atoms with E-state index in [9.17, 15) is 4.79 Å². The Kier molecular flexibility index (Phi) is 11.6. The van der Waals surface area contributed by atoms with E-state index in [2.05, 4.69) is 36.4 Å². The highest BCUT2D eigenvalue weighted by molar-refractivity contribution is 5.77. The molecule has 1 amide bonds. The number of allylic oxidation sites excluding steroid dienone is 2. The molecule has 2 aliphatic rings. The van der Waals surface area contributed by atoms with E-state index in [1.54, 1.807) is 0 Å². The van der Waals surface area contributed by atoms with Gasteiger partial charge in [-0.25, -0.2) is 0 Å². The molecule has 0 saturated carbocycles. The minimum atomic E-state index is 0.340. The van der Waals surface area contributed by atoms with E-state index in [-0.39, 0.29) is 0 Å². The lowest BCUT2D eigenvalue weighted by molar-refractivity contribution is -0.835. The molecule has 0 bridgehead atoms. The van der Waals surface area contributed by atoms with Gasteiger partial charge in [0.2, 0.25) is 5.91 Å². The van der Waals surface area contributed by atoms with Crippen LogP contribution in [0.2, 0.25) is 0 Å². The molecule has 0 unspecified atom stereocenters. The van der Waals surface area contributed by atoms with Crippen LogP contribution in [0.4, 0.5) is 0 Å². The van der Waals surface area contributed by atoms with E-state index in [4.69, 9.17) is 0 Å². The molecule has 0 radical (unpaired) electrons. The molecule has 28 heavy (non-hydrogen) atoms. The fourth-order valence-corrected chi connectivity index (χ4v) is 4.58. The summed E-state index contributed by atoms with van der Waals surface area (Å²) in [5.74, 6) is 0.340. The molecule has 0 spiro atoms. The molecule has 2 rings (SSSR count). The van der Waals surface area contributed by atoms with Crippen molar-refractivity contribution in [1.29, 1.82) is 0 Å². The van der Waals surface area contributed by atoms with Gasteiger partial charge in [0.25, 0.3) is 0 Å². The Hall–Kier alpha value is -1.09. The lowest BCUT2D eigenvalue weighted by atomic mass is 10.0. The van der Waals surface area contributed by atoms with Crippen molar-refractivity contribution < 1.29 is 9.28 Å². The van der Waals surface area contributed by atoms with Crippen LogP contribution in [-0.2, 0) is 4.79 Å². The third-order valence-corrected chi connectivity index (χ3v) is 6.41. The topological polar surface area (TPSA) is 20.3 Å². The zero-order chi connectivity index (χ0) is 19.9. The number of unbranched alkanes of at least 4 members (excludes halogenated alkanes) is 13. The van der Waals surface area contributed by atoms with Crippen molar-refractivity contribution >= 4 is 5.91 Å². The van der Waals surface area contributed by atoms with Crippen LogP contribution in [0.5, 0.6) is 0 Å². The molecule has 160 valence electrons. The first kappa shape index (κ1) is 23.2. The zero-order valence-electron chi connectivity index (χ0n) is 18.5. The standard InChI is InChI=1S/C25H45N2O/c1-2-3-4-5-6-7-8-9-10-11-12-13-14-15-21-27(22-16-17-23-27)24-26-20-18-19-25(26)28/h16-17,22-23H,2-15,18-21,24H2,1H3/q+1. The predicted octanol–water partition coefficient (Wildman–Crippen LogP) is 6.91. The highest BCUT2D eigenvalue weighted by Crippen LogP contribution is 2.22. The van der Waals surface area contributed by atoms with E-state index in [0.717, 1.165) is 37.1 Å². The Labute approximate surface area is 174 Å². The van der Waals surface area contributed by atoms with Crippen LogP contribution in [0.15, 0.2) is 24.6 Å². The predicted molar refractivity (Wildman–Crippen MR) is 120 cm³/mol. The maximum Gasteiger partial charge on any atom is 0.226 e. The van der Waals surface area contributed by atoms with Crippen molar-refractivity contribution in [1.82, 2.24) is 4.90 Å². The Bertz CT molecular complexity index is 471. The van der Waals surface area contributed by atoms with Gasteiger partial charge in [0.05, 0.1) is 6.54 Å². The Morgan fingerprint density at radius 2 is 1.29 bits per heavy atom. The van der Waals surface area contributed by atoms with Gasteiger partial charge in [0, 0.05) is 13.0 Å². The summed E-state index contributed by atoms with van der Waals surface area (Å²) < 4.78 is 0.851. The number of nitrogens with zero attached hydrogens (tertiary/aromatic N) is 2. The second kappa shape index (κ2) is 14.0. The zero-order valence-corrected chi connectivity index (χ0v) is 18.5. The fourth-order valence-electron chi connectivity index (χ4n) is 4.58. The van der Waals surface area contributed by atoms with Crippen LogP contribution in [0, 0.1) is 0 Å². The second-order valence-corrected chi connectivity index (χ2v) is 9.01. The van der Waals surface area contributed by atoms with Crippen LogP contribution < -0.4 is 0 Å². The summed E-state index contributed by atoms with van der Waals surface area (Å²) in [7, 11) is 0. The van der Waals surface area contributed by atoms with Crippen molar-refractivity contribution in [2.75, 3.05) is 19.8 Å². The molecule has 0 atom stereocenters. The minimum absolute atomic E-state index is 0.340. The van der Waals surface area contributed by atoms with Crippen molar-refractivity contribution in [3.63, 3.8) is 0 Å². The van der Waals surface area contributed by atoms with Gasteiger partial charge in [0.1, 0.15) is 12.4 Å². The number of quaternary nitrogens is 1. The summed E-state index contributed by atoms with van der Waals surface area (Å²) in [5, 5.41) is 0. The normalized spacial score (nSPS) is 17.9. The van der Waals surface area contributed by atoms with E-state index < -0.39 is 0 Å². The highest BCUT2D eigenvalue weighted by atomic mass is 16.2. The Morgan fingerprint density at radius 1 is 0.786 bits per heavy atom. The maximum absolute atomic E-state index is 12.0. The maximum atomic E-state index is 12.0. The number of amides is 1. The molecule has 0 aromatic rings. The van der Waals surface area contributed by atoms with Crippen LogP contribution in [-0.4, -0.2) is 35.0 Å². The lowest BCUT2D eigenvalue weighted by Crippen LogP contribution is -2.46. The molecule has 0 aromatic carbocycles. The smallest absolute Gasteiger partial charge is 0.226 e. The number of likely N-dealkylation sites (tertiary alicyclic amines) is 1. The number of hydrogen-bond acceptors (Lipinski definition) is 1. The molecule has 3 nitrogen and oxygen atoms in total. The van der Waals surface area contributed by atoms with Crippen molar-refractivity contribution in [2.45, 2.75) is 110 Å². The van der Waals surface area contributed by atoms with Crippen LogP contribution in [0.3, 0.4) is 0 Å². The molecule has 2 heterocycles. The first-order valence-electron chi connectivity index (χ1n) is 12.3. The van der Waals surface area contributed by atoms with Crippen LogP contribution in [0.1, 0.15) is 110 Å². The first-order chi connectivity index (χ1) is 13.8. The van der Waals surface area contributed by atoms with Gasteiger partial charge < -0.3 is 0 Å². The number of carbonyl (C=O) groups is 1. The molecule has 1 fully saturated rings. The minimum Gasteiger partial charge on any atom is -0.295 e. The summed E-state index contributed by atoms with van der Waals surface area (Å²) in [4.78, 5) is 14.0. The summed E-state index contributed by atoms with van der Waals surface area (Å²) in [6.07, 6.45) is 30.2. The number of carbonyl (C=O) groups excluding carboxylic acids is 1. The SMILES string of the molecule is CCCCCCCCCCCCCCCC[N+]1(CN2CCCC2=O)C=CC=C1. The second-order valence-electron chi connectivity index (χ2n) is 9.01. The van der Waals surface area contributed by atoms with Gasteiger partial charge in [-0.15, -0.1) is 0 Å². The van der Waals surface area contributed by atoms with Crippen molar-refractivity contribution in [2.24, 2.45) is 0 Å². The Balaban J connectivity index is 1.43. The molecule has 0 aromatic heterocycles. The summed E-state index contributed by atoms with van der Waals surface area (Å²) in [6.45, 7) is 5.20. The van der Waals surface area contributed by atoms with E-state index in [1.807, 2.05) is 0 Å². The third-order valence-electron chi connectivity index (χ3n) is 6.41. The van der Waals surface area contributed by atoms with E-state index in [1.165, 1.54) is 89.9 Å². The fraction of sp³-hybridized carbons (Fsp3) is 0.800. The summed E-state index contributed by atoms with van der Waals surface area (Å²) in [6, 6.07) is 0. The van der Waals surface area contributed by atoms with Crippen LogP contribution in [0.25, 0.3) is 0 Å². The molecular formula is C25H45N2O+. The van der Waals surface area contributed by atoms with Gasteiger partial charge in [-0.1, -0.05) is 84.0 Å². The quantitative estimate of drug-likeness (QED) is 0.195. The van der Waals surface area contributed by atoms with Crippen molar-refractivity contribution in [3.05, 3.63) is 24.6 Å². The van der Waals surface area contributed by atoms with Gasteiger partial charge >= 0.3 is 0 Å². The number of rotatable bonds is 17. The monoisotopic (exact) mass is 389 g/mol.